The molecule has 2 amide bonds. The fourth-order valence-corrected chi connectivity index (χ4v) is 0.730. The molecule has 1 heterocycles. The lowest BCUT2D eigenvalue weighted by Crippen LogP contribution is -2.33. The van der Waals surface area contributed by atoms with E-state index in [-0.39, 0.29) is 6.54 Å². The van der Waals surface area contributed by atoms with Crippen LogP contribution >= 0.6 is 0 Å². The van der Waals surface area contributed by atoms with E-state index < -0.39 is 12.0 Å². The molecule has 0 aliphatic carbocycles. The molecule has 2 N–H and O–H groups in total. The fraction of sp³-hybridized carbons (Fsp3) is 0.250. The van der Waals surface area contributed by atoms with Crippen molar-refractivity contribution in [3.63, 3.8) is 0 Å². The molecule has 1 rings (SSSR count). The zero-order valence-corrected chi connectivity index (χ0v) is 7.57. The molecule has 0 aromatic carbocycles. The van der Waals surface area contributed by atoms with Crippen LogP contribution in [0.1, 0.15) is 0 Å². The molecule has 0 saturated carbocycles. The van der Waals surface area contributed by atoms with Gasteiger partial charge in [0, 0.05) is 6.07 Å². The highest BCUT2D eigenvalue weighted by Crippen LogP contribution is 2.05. The van der Waals surface area contributed by atoms with Gasteiger partial charge >= 0.3 is 12.0 Å². The van der Waals surface area contributed by atoms with Crippen LogP contribution in [0.2, 0.25) is 0 Å². The van der Waals surface area contributed by atoms with E-state index in [1.165, 1.54) is 13.4 Å². The van der Waals surface area contributed by atoms with Crippen LogP contribution in [0.25, 0.3) is 0 Å². The Hall–Kier alpha value is -1.98. The summed E-state index contributed by atoms with van der Waals surface area (Å²) in [5, 5.41) is 4.66. The van der Waals surface area contributed by atoms with Gasteiger partial charge < -0.3 is 14.5 Å². The van der Waals surface area contributed by atoms with Gasteiger partial charge in [0.1, 0.15) is 6.54 Å². The van der Waals surface area contributed by atoms with Crippen LogP contribution in [0.3, 0.4) is 0 Å². The highest BCUT2D eigenvalue weighted by Gasteiger charge is 2.05. The standard InChI is InChI=1S/C8H10N2O4/c1-13-7(11)5-9-8(12)10-6-3-2-4-14-6/h2-4H,5H2,1H3,(H2,9,10,12). The molecule has 6 heteroatoms. The van der Waals surface area contributed by atoms with Gasteiger partial charge in [-0.2, -0.15) is 0 Å². The van der Waals surface area contributed by atoms with Gasteiger partial charge in [0.2, 0.25) is 5.88 Å². The average molecular weight is 198 g/mol. The summed E-state index contributed by atoms with van der Waals surface area (Å²) >= 11 is 0. The zero-order valence-electron chi connectivity index (χ0n) is 7.57. The SMILES string of the molecule is COC(=O)CNC(=O)Nc1ccco1. The van der Waals surface area contributed by atoms with E-state index in [1.807, 2.05) is 0 Å². The maximum atomic E-state index is 11.0. The topological polar surface area (TPSA) is 80.6 Å². The molecule has 0 spiro atoms. The number of methoxy groups -OCH3 is 1. The average Bonchev–Trinajstić information content (AvgIpc) is 2.66. The third-order valence-corrected chi connectivity index (χ3v) is 1.38. The first-order valence-corrected chi connectivity index (χ1v) is 3.87. The Morgan fingerprint density at radius 3 is 2.93 bits per heavy atom. The van der Waals surface area contributed by atoms with Crippen LogP contribution in [0.5, 0.6) is 0 Å². The van der Waals surface area contributed by atoms with E-state index in [0.717, 1.165) is 0 Å². The summed E-state index contributed by atoms with van der Waals surface area (Å²) in [7, 11) is 1.24. The van der Waals surface area contributed by atoms with E-state index in [9.17, 15) is 9.59 Å². The summed E-state index contributed by atoms with van der Waals surface area (Å²) in [5.74, 6) is -0.202. The first-order valence-electron chi connectivity index (χ1n) is 3.87. The number of esters is 1. The molecule has 0 aliphatic heterocycles. The van der Waals surface area contributed by atoms with Gasteiger partial charge in [0.25, 0.3) is 0 Å². The van der Waals surface area contributed by atoms with Crippen molar-refractivity contribution in [2.45, 2.75) is 0 Å². The van der Waals surface area contributed by atoms with Crippen LogP contribution in [-0.2, 0) is 9.53 Å². The van der Waals surface area contributed by atoms with Crippen molar-refractivity contribution >= 4 is 17.9 Å². The largest absolute Gasteiger partial charge is 0.468 e. The van der Waals surface area contributed by atoms with Crippen molar-refractivity contribution in [3.8, 4) is 0 Å². The Bertz CT molecular complexity index is 307. The molecular weight excluding hydrogens is 188 g/mol. The fourth-order valence-electron chi connectivity index (χ4n) is 0.730. The Labute approximate surface area is 80.2 Å². The number of hydrogen-bond acceptors (Lipinski definition) is 4. The van der Waals surface area contributed by atoms with Gasteiger partial charge in [0.05, 0.1) is 13.4 Å². The van der Waals surface area contributed by atoms with E-state index in [4.69, 9.17) is 4.42 Å². The second-order valence-corrected chi connectivity index (χ2v) is 2.36. The summed E-state index contributed by atoms with van der Waals surface area (Å²) in [5.41, 5.74) is 0. The Balaban J connectivity index is 2.26. The van der Waals surface area contributed by atoms with Crippen LogP contribution < -0.4 is 10.6 Å². The summed E-state index contributed by atoms with van der Waals surface area (Å²) in [4.78, 5) is 21.7. The first kappa shape index (κ1) is 10.1. The van der Waals surface area contributed by atoms with Crippen LogP contribution in [0.15, 0.2) is 22.8 Å². The van der Waals surface area contributed by atoms with Crippen LogP contribution in [-0.4, -0.2) is 25.7 Å². The molecule has 0 aliphatic rings. The summed E-state index contributed by atoms with van der Waals surface area (Å²) in [6, 6.07) is 2.69. The molecule has 0 saturated heterocycles. The highest BCUT2D eigenvalue weighted by atomic mass is 16.5. The highest BCUT2D eigenvalue weighted by molar-refractivity contribution is 5.90. The summed E-state index contributed by atoms with van der Waals surface area (Å²) in [6.07, 6.45) is 1.43. The number of carbonyl (C=O) groups is 2. The lowest BCUT2D eigenvalue weighted by atomic mass is 10.6. The Morgan fingerprint density at radius 2 is 2.36 bits per heavy atom. The molecule has 76 valence electrons. The van der Waals surface area contributed by atoms with Crippen molar-refractivity contribution in [2.24, 2.45) is 0 Å². The van der Waals surface area contributed by atoms with Gasteiger partial charge in [-0.05, 0) is 6.07 Å². The van der Waals surface area contributed by atoms with Gasteiger partial charge in [-0.1, -0.05) is 0 Å². The minimum Gasteiger partial charge on any atom is -0.468 e. The van der Waals surface area contributed by atoms with Crippen molar-refractivity contribution in [1.29, 1.82) is 0 Å². The maximum Gasteiger partial charge on any atom is 0.325 e. The van der Waals surface area contributed by atoms with Crippen molar-refractivity contribution in [2.75, 3.05) is 19.0 Å². The van der Waals surface area contributed by atoms with Crippen molar-refractivity contribution in [1.82, 2.24) is 5.32 Å². The monoisotopic (exact) mass is 198 g/mol. The second kappa shape index (κ2) is 4.90. The number of urea groups is 1. The molecule has 1 aromatic heterocycles. The van der Waals surface area contributed by atoms with Crippen molar-refractivity contribution < 1.29 is 18.7 Å². The smallest absolute Gasteiger partial charge is 0.325 e. The summed E-state index contributed by atoms with van der Waals surface area (Å²) in [6.45, 7) is -0.178. The third kappa shape index (κ3) is 3.18. The molecular formula is C8H10N2O4. The predicted molar refractivity (Wildman–Crippen MR) is 47.7 cm³/mol. The number of rotatable bonds is 3. The van der Waals surface area contributed by atoms with E-state index in [0.29, 0.717) is 5.88 Å². The number of amides is 2. The number of carbonyl (C=O) groups excluding carboxylic acids is 2. The number of anilines is 1. The van der Waals surface area contributed by atoms with E-state index in [1.54, 1.807) is 12.1 Å². The maximum absolute atomic E-state index is 11.0. The van der Waals surface area contributed by atoms with Gasteiger partial charge in [-0.15, -0.1) is 0 Å². The number of nitrogens with one attached hydrogen (secondary N) is 2. The quantitative estimate of drug-likeness (QED) is 0.696. The van der Waals surface area contributed by atoms with Crippen LogP contribution in [0.4, 0.5) is 10.7 Å². The minimum absolute atomic E-state index is 0.178. The van der Waals surface area contributed by atoms with E-state index in [2.05, 4.69) is 15.4 Å². The zero-order chi connectivity index (χ0) is 10.4. The molecule has 0 fully saturated rings. The molecule has 1 aromatic rings. The minimum atomic E-state index is -0.523. The number of hydrogen-bond donors (Lipinski definition) is 2. The first-order chi connectivity index (χ1) is 6.72. The van der Waals surface area contributed by atoms with Crippen LogP contribution in [0, 0.1) is 0 Å². The lowest BCUT2D eigenvalue weighted by molar-refractivity contribution is -0.139. The van der Waals surface area contributed by atoms with Gasteiger partial charge in [-0.25, -0.2) is 4.79 Å². The third-order valence-electron chi connectivity index (χ3n) is 1.38. The molecule has 14 heavy (non-hydrogen) atoms. The molecule has 0 atom stereocenters. The Kier molecular flexibility index (Phi) is 3.54. The number of furan rings is 1. The van der Waals surface area contributed by atoms with Gasteiger partial charge in [-0.3, -0.25) is 10.1 Å². The summed E-state index contributed by atoms with van der Waals surface area (Å²) < 4.78 is 9.18. The predicted octanol–water partition coefficient (Wildman–Crippen LogP) is 0.574. The Morgan fingerprint density at radius 1 is 1.57 bits per heavy atom. The molecule has 0 bridgehead atoms. The molecule has 0 unspecified atom stereocenters. The van der Waals surface area contributed by atoms with Crippen molar-refractivity contribution in [3.05, 3.63) is 18.4 Å². The number of ether oxygens (including phenoxy) is 1. The second-order valence-electron chi connectivity index (χ2n) is 2.36. The normalized spacial score (nSPS) is 9.21. The van der Waals surface area contributed by atoms with E-state index >= 15 is 0 Å². The molecule has 0 radical (unpaired) electrons. The molecule has 6 nitrogen and oxygen atoms in total. The van der Waals surface area contributed by atoms with Gasteiger partial charge in [0.15, 0.2) is 0 Å². The lowest BCUT2D eigenvalue weighted by Gasteiger charge is -2.03.